The first kappa shape index (κ1) is 18.8. The van der Waals surface area contributed by atoms with Gasteiger partial charge in [0.2, 0.25) is 5.89 Å². The molecule has 0 saturated carbocycles. The Morgan fingerprint density at radius 1 is 1.11 bits per heavy atom. The third-order valence-electron chi connectivity index (χ3n) is 3.48. The summed E-state index contributed by atoms with van der Waals surface area (Å²) >= 11 is 11.7. The predicted molar refractivity (Wildman–Crippen MR) is 96.4 cm³/mol. The van der Waals surface area contributed by atoms with Gasteiger partial charge in [-0.25, -0.2) is 0 Å². The zero-order valence-corrected chi connectivity index (χ0v) is 15.1. The number of hydrogen-bond acceptors (Lipinski definition) is 7. The first-order chi connectivity index (χ1) is 12.9. The zero-order chi connectivity index (χ0) is 19.4. The van der Waals surface area contributed by atoms with Crippen LogP contribution in [0.2, 0.25) is 10.0 Å². The van der Waals surface area contributed by atoms with Crippen LogP contribution in [0.4, 0.5) is 5.69 Å². The van der Waals surface area contributed by atoms with Gasteiger partial charge in [-0.15, -0.1) is 10.2 Å². The van der Waals surface area contributed by atoms with Gasteiger partial charge in [0.05, 0.1) is 21.4 Å². The summed E-state index contributed by atoms with van der Waals surface area (Å²) in [6, 6.07) is 10.5. The molecule has 0 radical (unpaired) electrons. The van der Waals surface area contributed by atoms with Gasteiger partial charge in [-0.3, -0.25) is 14.9 Å². The Balaban J connectivity index is 1.58. The molecule has 10 heteroatoms. The van der Waals surface area contributed by atoms with E-state index in [1.807, 2.05) is 0 Å². The van der Waals surface area contributed by atoms with E-state index in [2.05, 4.69) is 10.2 Å². The van der Waals surface area contributed by atoms with Crippen molar-refractivity contribution < 1.29 is 18.9 Å². The lowest BCUT2D eigenvalue weighted by Gasteiger charge is -2.03. The first-order valence-corrected chi connectivity index (χ1v) is 8.35. The summed E-state index contributed by atoms with van der Waals surface area (Å²) < 4.78 is 10.5. The third-order valence-corrected chi connectivity index (χ3v) is 4.22. The van der Waals surface area contributed by atoms with Gasteiger partial charge in [-0.05, 0) is 29.8 Å². The van der Waals surface area contributed by atoms with Gasteiger partial charge < -0.3 is 9.15 Å². The average molecular weight is 408 g/mol. The molecule has 0 aliphatic heterocycles. The van der Waals surface area contributed by atoms with E-state index in [0.29, 0.717) is 21.2 Å². The molecule has 0 aliphatic carbocycles. The van der Waals surface area contributed by atoms with Gasteiger partial charge >= 0.3 is 5.97 Å². The van der Waals surface area contributed by atoms with Crippen molar-refractivity contribution in [2.75, 3.05) is 0 Å². The SMILES string of the molecule is O=C(Cc1ccc(Cl)c(Cl)c1)OCc1nnc(-c2ccc([N+](=O)[O-])cc2)o1. The number of nitrogens with zero attached hydrogens (tertiary/aromatic N) is 3. The topological polar surface area (TPSA) is 108 Å². The second kappa shape index (κ2) is 8.15. The summed E-state index contributed by atoms with van der Waals surface area (Å²) in [4.78, 5) is 22.1. The van der Waals surface area contributed by atoms with Crippen LogP contribution in [0.25, 0.3) is 11.5 Å². The maximum atomic E-state index is 11.9. The van der Waals surface area contributed by atoms with Crippen LogP contribution in [0.3, 0.4) is 0 Å². The maximum Gasteiger partial charge on any atom is 0.310 e. The van der Waals surface area contributed by atoms with Gasteiger partial charge in [0.15, 0.2) is 6.61 Å². The minimum Gasteiger partial charge on any atom is -0.455 e. The monoisotopic (exact) mass is 407 g/mol. The molecule has 8 nitrogen and oxygen atoms in total. The number of hydrogen-bond donors (Lipinski definition) is 0. The number of aromatic nitrogens is 2. The number of esters is 1. The Morgan fingerprint density at radius 2 is 1.85 bits per heavy atom. The van der Waals surface area contributed by atoms with Crippen molar-refractivity contribution >= 4 is 34.9 Å². The van der Waals surface area contributed by atoms with Crippen molar-refractivity contribution in [1.82, 2.24) is 10.2 Å². The number of nitro groups is 1. The van der Waals surface area contributed by atoms with Crippen LogP contribution < -0.4 is 0 Å². The van der Waals surface area contributed by atoms with Crippen molar-refractivity contribution in [2.45, 2.75) is 13.0 Å². The highest BCUT2D eigenvalue weighted by molar-refractivity contribution is 6.42. The summed E-state index contributed by atoms with van der Waals surface area (Å²) in [5.74, 6) is -0.227. The lowest BCUT2D eigenvalue weighted by molar-refractivity contribution is -0.384. The molecule has 0 bridgehead atoms. The molecule has 2 aromatic carbocycles. The van der Waals surface area contributed by atoms with E-state index in [4.69, 9.17) is 32.4 Å². The van der Waals surface area contributed by atoms with E-state index in [1.165, 1.54) is 24.3 Å². The molecule has 0 N–H and O–H groups in total. The number of carbonyl (C=O) groups excluding carboxylic acids is 1. The summed E-state index contributed by atoms with van der Waals surface area (Å²) in [5.41, 5.74) is 1.13. The highest BCUT2D eigenvalue weighted by atomic mass is 35.5. The van der Waals surface area contributed by atoms with Crippen LogP contribution in [0, 0.1) is 10.1 Å². The minimum absolute atomic E-state index is 0.0141. The summed E-state index contributed by atoms with van der Waals surface area (Å²) in [7, 11) is 0. The zero-order valence-electron chi connectivity index (χ0n) is 13.6. The van der Waals surface area contributed by atoms with Crippen molar-refractivity contribution in [3.05, 3.63) is 74.1 Å². The number of rotatable bonds is 6. The standard InChI is InChI=1S/C17H11Cl2N3O5/c18-13-6-1-10(7-14(13)19)8-16(23)26-9-15-20-21-17(27-15)11-2-4-12(5-3-11)22(24)25/h1-7H,8-9H2. The van der Waals surface area contributed by atoms with E-state index in [1.54, 1.807) is 18.2 Å². The van der Waals surface area contributed by atoms with Crippen LogP contribution in [0.15, 0.2) is 46.9 Å². The predicted octanol–water partition coefficient (Wildman–Crippen LogP) is 4.24. The molecule has 0 saturated heterocycles. The van der Waals surface area contributed by atoms with E-state index in [-0.39, 0.29) is 30.5 Å². The Hall–Kier alpha value is -2.97. The van der Waals surface area contributed by atoms with Crippen molar-refractivity contribution in [3.63, 3.8) is 0 Å². The van der Waals surface area contributed by atoms with Crippen molar-refractivity contribution in [1.29, 1.82) is 0 Å². The Morgan fingerprint density at radius 3 is 2.52 bits per heavy atom. The Labute approximate surface area is 162 Å². The van der Waals surface area contributed by atoms with E-state index in [9.17, 15) is 14.9 Å². The largest absolute Gasteiger partial charge is 0.455 e. The highest BCUT2D eigenvalue weighted by Crippen LogP contribution is 2.23. The molecular weight excluding hydrogens is 397 g/mol. The van der Waals surface area contributed by atoms with Crippen LogP contribution in [0.1, 0.15) is 11.5 Å². The lowest BCUT2D eigenvalue weighted by atomic mass is 10.1. The fourth-order valence-corrected chi connectivity index (χ4v) is 2.48. The molecule has 0 fully saturated rings. The molecule has 1 heterocycles. The van der Waals surface area contributed by atoms with E-state index < -0.39 is 10.9 Å². The Bertz CT molecular complexity index is 988. The van der Waals surface area contributed by atoms with Gasteiger partial charge in [0.1, 0.15) is 0 Å². The van der Waals surface area contributed by atoms with Gasteiger partial charge in [0.25, 0.3) is 11.6 Å². The minimum atomic E-state index is -0.504. The molecule has 0 unspecified atom stereocenters. The van der Waals surface area contributed by atoms with Crippen LogP contribution in [-0.4, -0.2) is 21.1 Å². The molecule has 0 spiro atoms. The quantitative estimate of drug-likeness (QED) is 0.341. The first-order valence-electron chi connectivity index (χ1n) is 7.59. The normalized spacial score (nSPS) is 10.6. The lowest BCUT2D eigenvalue weighted by Crippen LogP contribution is -2.08. The van der Waals surface area contributed by atoms with Crippen molar-refractivity contribution in [3.8, 4) is 11.5 Å². The molecule has 138 valence electrons. The molecule has 0 aliphatic rings. The number of carbonyl (C=O) groups is 1. The number of ether oxygens (including phenoxy) is 1. The van der Waals surface area contributed by atoms with E-state index >= 15 is 0 Å². The summed E-state index contributed by atoms with van der Waals surface area (Å²) in [5, 5.41) is 19.0. The van der Waals surface area contributed by atoms with Crippen LogP contribution >= 0.6 is 23.2 Å². The van der Waals surface area contributed by atoms with E-state index in [0.717, 1.165) is 0 Å². The number of non-ortho nitro benzene ring substituents is 1. The fourth-order valence-electron chi connectivity index (χ4n) is 2.16. The molecule has 3 aromatic rings. The summed E-state index contributed by atoms with van der Waals surface area (Å²) in [6.07, 6.45) is 0.0141. The van der Waals surface area contributed by atoms with Crippen LogP contribution in [-0.2, 0) is 22.6 Å². The maximum absolute atomic E-state index is 11.9. The molecular formula is C17H11Cl2N3O5. The molecule has 3 rings (SSSR count). The Kier molecular flexibility index (Phi) is 5.68. The third kappa shape index (κ3) is 4.81. The van der Waals surface area contributed by atoms with Crippen molar-refractivity contribution in [2.24, 2.45) is 0 Å². The number of nitro benzene ring substituents is 1. The smallest absolute Gasteiger partial charge is 0.310 e. The highest BCUT2D eigenvalue weighted by Gasteiger charge is 2.13. The molecule has 27 heavy (non-hydrogen) atoms. The van der Waals surface area contributed by atoms with Crippen LogP contribution in [0.5, 0.6) is 0 Å². The average Bonchev–Trinajstić information content (AvgIpc) is 3.12. The second-order valence-corrected chi connectivity index (χ2v) is 6.21. The molecule has 0 amide bonds. The fraction of sp³-hybridized carbons (Fsp3) is 0.118. The molecule has 1 aromatic heterocycles. The molecule has 0 atom stereocenters. The summed E-state index contributed by atoms with van der Waals surface area (Å²) in [6.45, 7) is -0.194. The van der Waals surface area contributed by atoms with Gasteiger partial charge in [0, 0.05) is 17.7 Å². The number of halogens is 2. The second-order valence-electron chi connectivity index (χ2n) is 5.39. The van der Waals surface area contributed by atoms with Gasteiger partial charge in [-0.1, -0.05) is 29.3 Å². The number of benzene rings is 2. The van der Waals surface area contributed by atoms with Gasteiger partial charge in [-0.2, -0.15) is 0 Å².